The van der Waals surface area contributed by atoms with Crippen molar-refractivity contribution in [2.75, 3.05) is 6.61 Å². The molecular formula is C17H18N4O3. The van der Waals surface area contributed by atoms with Crippen LogP contribution < -0.4 is 5.32 Å². The lowest BCUT2D eigenvalue weighted by Crippen LogP contribution is -2.30. The van der Waals surface area contributed by atoms with Gasteiger partial charge in [-0.3, -0.25) is 9.36 Å². The van der Waals surface area contributed by atoms with Crippen molar-refractivity contribution in [3.63, 3.8) is 0 Å². The Hall–Kier alpha value is -2.93. The van der Waals surface area contributed by atoms with Crippen molar-refractivity contribution in [1.82, 2.24) is 20.1 Å². The summed E-state index contributed by atoms with van der Waals surface area (Å²) in [6.07, 6.45) is 3.81. The third-order valence-corrected chi connectivity index (χ3v) is 3.63. The molecule has 3 aromatic rings. The van der Waals surface area contributed by atoms with Crippen LogP contribution in [-0.4, -0.2) is 32.4 Å². The Bertz CT molecular complexity index is 768. The minimum Gasteiger partial charge on any atom is -0.467 e. The number of amides is 1. The van der Waals surface area contributed by atoms with Crippen LogP contribution in [0.15, 0.2) is 59.5 Å². The number of aromatic nitrogens is 3. The topological polar surface area (TPSA) is 93.2 Å². The number of carbonyl (C=O) groups excluding carboxylic acids is 1. The summed E-state index contributed by atoms with van der Waals surface area (Å²) >= 11 is 0. The minimum atomic E-state index is -0.542. The Balaban J connectivity index is 1.60. The first-order valence-corrected chi connectivity index (χ1v) is 7.66. The molecule has 2 aromatic heterocycles. The molecule has 0 saturated carbocycles. The number of furan rings is 1. The van der Waals surface area contributed by atoms with Crippen LogP contribution in [-0.2, 0) is 11.2 Å². The second-order valence-electron chi connectivity index (χ2n) is 5.27. The average molecular weight is 326 g/mol. The number of aliphatic hydroxyl groups excluding tert-OH is 1. The molecule has 7 nitrogen and oxygen atoms in total. The Labute approximate surface area is 138 Å². The minimum absolute atomic E-state index is 0.187. The third kappa shape index (κ3) is 3.69. The lowest BCUT2D eigenvalue weighted by Gasteiger charge is -2.13. The number of hydrogen-bond acceptors (Lipinski definition) is 5. The Morgan fingerprint density at radius 1 is 1.25 bits per heavy atom. The molecule has 0 aliphatic carbocycles. The van der Waals surface area contributed by atoms with E-state index in [1.54, 1.807) is 18.5 Å². The van der Waals surface area contributed by atoms with Crippen LogP contribution >= 0.6 is 0 Å². The molecule has 2 N–H and O–H groups in total. The Kier molecular flexibility index (Phi) is 5.02. The van der Waals surface area contributed by atoms with E-state index in [1.807, 2.05) is 34.9 Å². The Morgan fingerprint density at radius 2 is 2.08 bits per heavy atom. The van der Waals surface area contributed by atoms with E-state index in [0.29, 0.717) is 18.0 Å². The first-order chi connectivity index (χ1) is 11.8. The van der Waals surface area contributed by atoms with Gasteiger partial charge in [0.25, 0.3) is 0 Å². The first kappa shape index (κ1) is 15.9. The number of rotatable bonds is 7. The molecule has 1 unspecified atom stereocenters. The molecule has 7 heteroatoms. The highest BCUT2D eigenvalue weighted by atomic mass is 16.3. The maximum atomic E-state index is 12.1. The molecule has 0 saturated heterocycles. The number of aliphatic hydroxyl groups is 1. The predicted molar refractivity (Wildman–Crippen MR) is 86.4 cm³/mol. The van der Waals surface area contributed by atoms with Crippen LogP contribution in [0.2, 0.25) is 0 Å². The zero-order chi connectivity index (χ0) is 16.8. The summed E-state index contributed by atoms with van der Waals surface area (Å²) < 4.78 is 7.06. The number of nitrogens with zero attached hydrogens (tertiary/aromatic N) is 3. The van der Waals surface area contributed by atoms with E-state index < -0.39 is 6.04 Å². The standard InChI is InChI=1S/C17H18N4O3/c22-11-14(15-7-4-10-24-15)19-17(23)9-8-16-20-18-12-21(16)13-5-2-1-3-6-13/h1-7,10,12,14,22H,8-9,11H2,(H,19,23). The van der Waals surface area contributed by atoms with Crippen molar-refractivity contribution in [2.45, 2.75) is 18.9 Å². The number of benzene rings is 1. The van der Waals surface area contributed by atoms with E-state index in [1.165, 1.54) is 6.26 Å². The van der Waals surface area contributed by atoms with Gasteiger partial charge in [-0.1, -0.05) is 18.2 Å². The van der Waals surface area contributed by atoms with Crippen molar-refractivity contribution in [3.05, 3.63) is 66.6 Å². The number of carbonyl (C=O) groups is 1. The third-order valence-electron chi connectivity index (χ3n) is 3.63. The van der Waals surface area contributed by atoms with Gasteiger partial charge in [0.05, 0.1) is 12.9 Å². The summed E-state index contributed by atoms with van der Waals surface area (Å²) in [6.45, 7) is -0.223. The highest BCUT2D eigenvalue weighted by Gasteiger charge is 2.17. The van der Waals surface area contributed by atoms with Gasteiger partial charge in [-0.2, -0.15) is 0 Å². The largest absolute Gasteiger partial charge is 0.467 e. The van der Waals surface area contributed by atoms with Crippen molar-refractivity contribution >= 4 is 5.91 Å². The van der Waals surface area contributed by atoms with Gasteiger partial charge in [0.1, 0.15) is 24.0 Å². The molecule has 124 valence electrons. The molecular weight excluding hydrogens is 308 g/mol. The van der Waals surface area contributed by atoms with Crippen molar-refractivity contribution in [2.24, 2.45) is 0 Å². The highest BCUT2D eigenvalue weighted by molar-refractivity contribution is 5.76. The Morgan fingerprint density at radius 3 is 2.79 bits per heavy atom. The molecule has 1 atom stereocenters. The summed E-state index contributed by atoms with van der Waals surface area (Å²) in [5, 5.41) is 20.1. The zero-order valence-electron chi connectivity index (χ0n) is 13.0. The maximum absolute atomic E-state index is 12.1. The fourth-order valence-electron chi connectivity index (χ4n) is 2.42. The fraction of sp³-hybridized carbons (Fsp3) is 0.235. The number of nitrogens with one attached hydrogen (secondary N) is 1. The van der Waals surface area contributed by atoms with E-state index in [9.17, 15) is 9.90 Å². The molecule has 1 aromatic carbocycles. The van der Waals surface area contributed by atoms with Crippen molar-refractivity contribution < 1.29 is 14.3 Å². The number of para-hydroxylation sites is 1. The van der Waals surface area contributed by atoms with Crippen molar-refractivity contribution in [1.29, 1.82) is 0 Å². The van der Waals surface area contributed by atoms with Gasteiger partial charge in [0.15, 0.2) is 0 Å². The summed E-state index contributed by atoms with van der Waals surface area (Å²) in [7, 11) is 0. The van der Waals surface area contributed by atoms with E-state index in [2.05, 4.69) is 15.5 Å². The van der Waals surface area contributed by atoms with E-state index in [0.717, 1.165) is 5.69 Å². The van der Waals surface area contributed by atoms with E-state index >= 15 is 0 Å². The van der Waals surface area contributed by atoms with Crippen LogP contribution in [0.3, 0.4) is 0 Å². The molecule has 3 rings (SSSR count). The first-order valence-electron chi connectivity index (χ1n) is 7.66. The molecule has 0 radical (unpaired) electrons. The average Bonchev–Trinajstić information content (AvgIpc) is 3.30. The van der Waals surface area contributed by atoms with Gasteiger partial charge in [0.2, 0.25) is 5.91 Å². The van der Waals surface area contributed by atoms with Gasteiger partial charge in [-0.25, -0.2) is 0 Å². The number of aryl methyl sites for hydroxylation is 1. The van der Waals surface area contributed by atoms with Gasteiger partial charge >= 0.3 is 0 Å². The van der Waals surface area contributed by atoms with Crippen LogP contribution in [0, 0.1) is 0 Å². The molecule has 0 aliphatic heterocycles. The fourth-order valence-corrected chi connectivity index (χ4v) is 2.42. The van der Waals surface area contributed by atoms with Crippen LogP contribution in [0.25, 0.3) is 5.69 Å². The summed E-state index contributed by atoms with van der Waals surface area (Å²) in [5.41, 5.74) is 0.946. The SMILES string of the molecule is O=C(CCc1nncn1-c1ccccc1)NC(CO)c1ccco1. The van der Waals surface area contributed by atoms with E-state index in [4.69, 9.17) is 4.42 Å². The lowest BCUT2D eigenvalue weighted by molar-refractivity contribution is -0.122. The zero-order valence-corrected chi connectivity index (χ0v) is 13.0. The van der Waals surface area contributed by atoms with Crippen LogP contribution in [0.4, 0.5) is 0 Å². The van der Waals surface area contributed by atoms with Gasteiger partial charge in [-0.05, 0) is 24.3 Å². The molecule has 0 spiro atoms. The summed E-state index contributed by atoms with van der Waals surface area (Å²) in [6, 6.07) is 12.6. The van der Waals surface area contributed by atoms with Crippen LogP contribution in [0.5, 0.6) is 0 Å². The predicted octanol–water partition coefficient (Wildman–Crippen LogP) is 1.64. The quantitative estimate of drug-likeness (QED) is 0.688. The van der Waals surface area contributed by atoms with Crippen molar-refractivity contribution in [3.8, 4) is 5.69 Å². The molecule has 1 amide bonds. The lowest BCUT2D eigenvalue weighted by atomic mass is 10.2. The van der Waals surface area contributed by atoms with Crippen LogP contribution in [0.1, 0.15) is 24.0 Å². The number of hydrogen-bond donors (Lipinski definition) is 2. The summed E-state index contributed by atoms with van der Waals surface area (Å²) in [4.78, 5) is 12.1. The van der Waals surface area contributed by atoms with Gasteiger partial charge in [-0.15, -0.1) is 10.2 Å². The van der Waals surface area contributed by atoms with E-state index in [-0.39, 0.29) is 18.9 Å². The monoisotopic (exact) mass is 326 g/mol. The highest BCUT2D eigenvalue weighted by Crippen LogP contribution is 2.14. The molecule has 0 aliphatic rings. The van der Waals surface area contributed by atoms with Gasteiger partial charge < -0.3 is 14.8 Å². The second-order valence-corrected chi connectivity index (χ2v) is 5.27. The molecule has 0 fully saturated rings. The summed E-state index contributed by atoms with van der Waals surface area (Å²) in [5.74, 6) is 1.04. The smallest absolute Gasteiger partial charge is 0.221 e. The molecule has 0 bridgehead atoms. The molecule has 24 heavy (non-hydrogen) atoms. The second kappa shape index (κ2) is 7.56. The normalized spacial score (nSPS) is 12.0. The molecule has 2 heterocycles. The maximum Gasteiger partial charge on any atom is 0.221 e. The van der Waals surface area contributed by atoms with Gasteiger partial charge in [0, 0.05) is 18.5 Å².